The molecule has 0 bridgehead atoms. The number of hydrogen-bond acceptors (Lipinski definition) is 5. The number of H-pyrrole nitrogens is 1. The molecule has 2 N–H and O–H groups in total. The first-order valence-electron chi connectivity index (χ1n) is 7.65. The summed E-state index contributed by atoms with van der Waals surface area (Å²) in [6.07, 6.45) is 7.84. The average molecular weight is 286 g/mol. The maximum atomic E-state index is 4.42. The van der Waals surface area contributed by atoms with Gasteiger partial charge in [0.2, 0.25) is 0 Å². The highest BCUT2D eigenvalue weighted by atomic mass is 15.2. The normalized spacial score (nSPS) is 16.3. The number of hydrogen-bond donors (Lipinski definition) is 2. The fourth-order valence-corrected chi connectivity index (χ4v) is 2.77. The molecule has 6 heteroatoms. The van der Waals surface area contributed by atoms with Crippen LogP contribution < -0.4 is 10.2 Å². The summed E-state index contributed by atoms with van der Waals surface area (Å²) in [5.74, 6) is 2.07. The third-order valence-electron chi connectivity index (χ3n) is 3.96. The highest BCUT2D eigenvalue weighted by Gasteiger charge is 2.19. The van der Waals surface area contributed by atoms with Crippen LogP contribution in [0.2, 0.25) is 0 Å². The van der Waals surface area contributed by atoms with Gasteiger partial charge in [0.15, 0.2) is 0 Å². The van der Waals surface area contributed by atoms with E-state index in [1.165, 1.54) is 12.8 Å². The molecule has 1 aliphatic rings. The van der Waals surface area contributed by atoms with Crippen LogP contribution in [0, 0.1) is 0 Å². The molecular formula is C15H22N6. The summed E-state index contributed by atoms with van der Waals surface area (Å²) in [4.78, 5) is 10.9. The Morgan fingerprint density at radius 3 is 2.86 bits per heavy atom. The Morgan fingerprint density at radius 2 is 2.14 bits per heavy atom. The topological polar surface area (TPSA) is 69.7 Å². The van der Waals surface area contributed by atoms with Gasteiger partial charge in [0, 0.05) is 31.7 Å². The molecule has 0 unspecified atom stereocenters. The van der Waals surface area contributed by atoms with Gasteiger partial charge in [0.1, 0.15) is 18.0 Å². The summed E-state index contributed by atoms with van der Waals surface area (Å²) in [6, 6.07) is 6.73. The molecule has 3 rings (SSSR count). The van der Waals surface area contributed by atoms with E-state index in [0.29, 0.717) is 6.04 Å². The van der Waals surface area contributed by atoms with Crippen LogP contribution in [0.1, 0.15) is 25.1 Å². The van der Waals surface area contributed by atoms with Gasteiger partial charge in [0.25, 0.3) is 0 Å². The number of rotatable bonds is 6. The van der Waals surface area contributed by atoms with Crippen molar-refractivity contribution in [3.05, 3.63) is 36.5 Å². The molecule has 21 heavy (non-hydrogen) atoms. The predicted octanol–water partition coefficient (Wildman–Crippen LogP) is 1.39. The van der Waals surface area contributed by atoms with Gasteiger partial charge in [-0.2, -0.15) is 5.10 Å². The summed E-state index contributed by atoms with van der Waals surface area (Å²) in [5.41, 5.74) is 0. The molecule has 112 valence electrons. The maximum absolute atomic E-state index is 4.42. The molecule has 6 nitrogen and oxygen atoms in total. The zero-order valence-corrected chi connectivity index (χ0v) is 12.2. The Morgan fingerprint density at radius 1 is 1.24 bits per heavy atom. The molecule has 1 saturated heterocycles. The Hall–Kier alpha value is -1.95. The minimum atomic E-state index is 0.625. The van der Waals surface area contributed by atoms with Crippen LogP contribution in [0.4, 0.5) is 5.82 Å². The number of anilines is 1. The summed E-state index contributed by atoms with van der Waals surface area (Å²) in [7, 11) is 0. The highest BCUT2D eigenvalue weighted by Crippen LogP contribution is 2.17. The molecule has 0 aromatic carbocycles. The molecule has 1 fully saturated rings. The van der Waals surface area contributed by atoms with E-state index < -0.39 is 0 Å². The predicted molar refractivity (Wildman–Crippen MR) is 82.2 cm³/mol. The molecule has 3 heterocycles. The van der Waals surface area contributed by atoms with Crippen LogP contribution in [0.15, 0.2) is 30.7 Å². The van der Waals surface area contributed by atoms with Crippen molar-refractivity contribution in [2.75, 3.05) is 24.5 Å². The van der Waals surface area contributed by atoms with Crippen molar-refractivity contribution in [2.45, 2.75) is 31.7 Å². The first kappa shape index (κ1) is 14.0. The molecule has 0 saturated carbocycles. The number of aromatic nitrogens is 4. The van der Waals surface area contributed by atoms with E-state index in [1.54, 1.807) is 6.33 Å². The highest BCUT2D eigenvalue weighted by molar-refractivity contribution is 5.38. The molecular weight excluding hydrogens is 264 g/mol. The second-order valence-corrected chi connectivity index (χ2v) is 5.44. The van der Waals surface area contributed by atoms with Crippen molar-refractivity contribution in [1.82, 2.24) is 25.5 Å². The van der Waals surface area contributed by atoms with Crippen LogP contribution in [0.3, 0.4) is 0 Å². The van der Waals surface area contributed by atoms with E-state index in [0.717, 1.165) is 44.1 Å². The van der Waals surface area contributed by atoms with Gasteiger partial charge < -0.3 is 10.2 Å². The van der Waals surface area contributed by atoms with Gasteiger partial charge >= 0.3 is 0 Å². The van der Waals surface area contributed by atoms with E-state index in [-0.39, 0.29) is 0 Å². The van der Waals surface area contributed by atoms with Crippen molar-refractivity contribution in [2.24, 2.45) is 0 Å². The number of aryl methyl sites for hydroxylation is 1. The van der Waals surface area contributed by atoms with Crippen molar-refractivity contribution in [1.29, 1.82) is 0 Å². The van der Waals surface area contributed by atoms with Gasteiger partial charge in [-0.15, -0.1) is 0 Å². The molecule has 0 atom stereocenters. The summed E-state index contributed by atoms with van der Waals surface area (Å²) >= 11 is 0. The number of piperidine rings is 1. The molecule has 2 aromatic rings. The number of pyridine rings is 1. The van der Waals surface area contributed by atoms with Crippen molar-refractivity contribution >= 4 is 5.82 Å². The van der Waals surface area contributed by atoms with E-state index in [1.807, 2.05) is 12.3 Å². The van der Waals surface area contributed by atoms with Crippen molar-refractivity contribution in [3.63, 3.8) is 0 Å². The van der Waals surface area contributed by atoms with Gasteiger partial charge in [0.05, 0.1) is 0 Å². The van der Waals surface area contributed by atoms with Crippen LogP contribution >= 0.6 is 0 Å². The van der Waals surface area contributed by atoms with Crippen LogP contribution in [-0.4, -0.2) is 45.8 Å². The molecule has 0 radical (unpaired) electrons. The molecule has 1 aliphatic heterocycles. The third-order valence-corrected chi connectivity index (χ3v) is 3.96. The van der Waals surface area contributed by atoms with Crippen LogP contribution in [0.25, 0.3) is 0 Å². The van der Waals surface area contributed by atoms with Crippen molar-refractivity contribution < 1.29 is 0 Å². The van der Waals surface area contributed by atoms with Gasteiger partial charge in [-0.05, 0) is 37.9 Å². The minimum absolute atomic E-state index is 0.625. The largest absolute Gasteiger partial charge is 0.357 e. The Bertz CT molecular complexity index is 504. The first-order valence-corrected chi connectivity index (χ1v) is 7.65. The third kappa shape index (κ3) is 4.01. The number of nitrogens with zero attached hydrogens (tertiary/aromatic N) is 4. The number of aromatic amines is 1. The molecule has 0 amide bonds. The monoisotopic (exact) mass is 286 g/mol. The Balaban J connectivity index is 1.34. The van der Waals surface area contributed by atoms with E-state index in [2.05, 4.69) is 42.5 Å². The molecule has 0 aliphatic carbocycles. The van der Waals surface area contributed by atoms with Gasteiger partial charge in [-0.25, -0.2) is 9.97 Å². The number of nitrogens with one attached hydrogen (secondary N) is 2. The fraction of sp³-hybridized carbons (Fsp3) is 0.533. The zero-order chi connectivity index (χ0) is 14.3. The second kappa shape index (κ2) is 7.17. The molecule has 2 aromatic heterocycles. The Kier molecular flexibility index (Phi) is 4.78. The minimum Gasteiger partial charge on any atom is -0.357 e. The second-order valence-electron chi connectivity index (χ2n) is 5.44. The van der Waals surface area contributed by atoms with Gasteiger partial charge in [-0.1, -0.05) is 6.07 Å². The van der Waals surface area contributed by atoms with Crippen LogP contribution in [-0.2, 0) is 6.42 Å². The fourth-order valence-electron chi connectivity index (χ4n) is 2.77. The zero-order valence-electron chi connectivity index (χ0n) is 12.2. The smallest absolute Gasteiger partial charge is 0.137 e. The van der Waals surface area contributed by atoms with Crippen molar-refractivity contribution in [3.8, 4) is 0 Å². The van der Waals surface area contributed by atoms with E-state index >= 15 is 0 Å². The van der Waals surface area contributed by atoms with Gasteiger partial charge in [-0.3, -0.25) is 5.10 Å². The summed E-state index contributed by atoms with van der Waals surface area (Å²) < 4.78 is 0. The quantitative estimate of drug-likeness (QED) is 0.785. The van der Waals surface area contributed by atoms with Crippen LogP contribution in [0.5, 0.6) is 0 Å². The standard InChI is InChI=1S/C15H22N6/c1-2-8-17-15(5-1)21-10-6-13(7-11-21)16-9-3-4-14-18-12-19-20-14/h1-2,5,8,12-13,16H,3-4,6-7,9-11H2,(H,18,19,20). The Labute approximate surface area is 125 Å². The summed E-state index contributed by atoms with van der Waals surface area (Å²) in [5, 5.41) is 10.4. The SMILES string of the molecule is c1ccc(N2CCC(NCCCc3ncn[nH]3)CC2)nc1. The maximum Gasteiger partial charge on any atom is 0.137 e. The van der Waals surface area contributed by atoms with E-state index in [4.69, 9.17) is 0 Å². The summed E-state index contributed by atoms with van der Waals surface area (Å²) in [6.45, 7) is 3.20. The van der Waals surface area contributed by atoms with E-state index in [9.17, 15) is 0 Å². The average Bonchev–Trinajstić information content (AvgIpc) is 3.06. The lowest BCUT2D eigenvalue weighted by Gasteiger charge is -2.33. The first-order chi connectivity index (χ1) is 10.4. The lowest BCUT2D eigenvalue weighted by atomic mass is 10.0. The lowest BCUT2D eigenvalue weighted by molar-refractivity contribution is 0.411. The molecule has 0 spiro atoms. The lowest BCUT2D eigenvalue weighted by Crippen LogP contribution is -2.43.